The van der Waals surface area contributed by atoms with E-state index in [2.05, 4.69) is 33.2 Å². The molecule has 2 unspecified atom stereocenters. The molecule has 2 aromatic heterocycles. The van der Waals surface area contributed by atoms with Gasteiger partial charge in [0.1, 0.15) is 5.01 Å². The Balaban J connectivity index is 1.58. The number of hydrogen-bond donors (Lipinski definition) is 2. The molecular weight excluding hydrogens is 276 g/mol. The first-order chi connectivity index (χ1) is 9.33. The third-order valence-corrected chi connectivity index (χ3v) is 5.49. The Bertz CT molecular complexity index is 509. The maximum Gasteiger partial charge on any atom is 0.133 e. The Labute approximate surface area is 121 Å². The zero-order chi connectivity index (χ0) is 13.1. The summed E-state index contributed by atoms with van der Waals surface area (Å²) in [7, 11) is 0. The van der Waals surface area contributed by atoms with Crippen molar-refractivity contribution in [2.45, 2.75) is 44.4 Å². The molecule has 5 heteroatoms. The molecule has 0 spiro atoms. The molecule has 0 aliphatic heterocycles. The standard InChI is InChI=1S/C14H18N2OS2/c17-12-5-2-1-4-11(12)15-8-10-9-19-14(16-10)13-6-3-7-18-13/h3,6-7,9,11-12,15,17H,1-2,4-5,8H2. The predicted octanol–water partition coefficient (Wildman–Crippen LogP) is 3.26. The summed E-state index contributed by atoms with van der Waals surface area (Å²) >= 11 is 3.41. The lowest BCUT2D eigenvalue weighted by Crippen LogP contribution is -2.41. The molecule has 102 valence electrons. The topological polar surface area (TPSA) is 45.1 Å². The van der Waals surface area contributed by atoms with E-state index in [1.54, 1.807) is 22.7 Å². The van der Waals surface area contributed by atoms with Gasteiger partial charge in [-0.05, 0) is 24.3 Å². The minimum absolute atomic E-state index is 0.191. The largest absolute Gasteiger partial charge is 0.392 e. The van der Waals surface area contributed by atoms with E-state index in [9.17, 15) is 5.11 Å². The van der Waals surface area contributed by atoms with Gasteiger partial charge in [0.25, 0.3) is 0 Å². The molecular formula is C14H18N2OS2. The first-order valence-corrected chi connectivity index (χ1v) is 8.48. The maximum absolute atomic E-state index is 9.92. The molecule has 2 aromatic rings. The van der Waals surface area contributed by atoms with Crippen LogP contribution in [0.5, 0.6) is 0 Å². The Hall–Kier alpha value is -0.750. The van der Waals surface area contributed by atoms with Gasteiger partial charge in [-0.1, -0.05) is 18.9 Å². The highest BCUT2D eigenvalue weighted by Gasteiger charge is 2.22. The molecule has 2 heterocycles. The van der Waals surface area contributed by atoms with Gasteiger partial charge in [-0.2, -0.15) is 0 Å². The van der Waals surface area contributed by atoms with Gasteiger partial charge in [0.15, 0.2) is 0 Å². The van der Waals surface area contributed by atoms with Crippen LogP contribution >= 0.6 is 22.7 Å². The molecule has 0 aromatic carbocycles. The molecule has 0 saturated heterocycles. The first kappa shape index (κ1) is 13.2. The fourth-order valence-electron chi connectivity index (χ4n) is 2.49. The van der Waals surface area contributed by atoms with E-state index in [0.29, 0.717) is 0 Å². The van der Waals surface area contributed by atoms with Crippen LogP contribution < -0.4 is 5.32 Å². The summed E-state index contributed by atoms with van der Waals surface area (Å²) in [6.07, 6.45) is 4.17. The Morgan fingerprint density at radius 2 is 2.21 bits per heavy atom. The van der Waals surface area contributed by atoms with Gasteiger partial charge in [-0.25, -0.2) is 4.98 Å². The van der Waals surface area contributed by atoms with Gasteiger partial charge >= 0.3 is 0 Å². The van der Waals surface area contributed by atoms with Crippen molar-refractivity contribution in [2.24, 2.45) is 0 Å². The molecule has 3 rings (SSSR count). The molecule has 1 saturated carbocycles. The van der Waals surface area contributed by atoms with E-state index in [0.717, 1.165) is 36.5 Å². The summed E-state index contributed by atoms with van der Waals surface area (Å²) in [6.45, 7) is 0.754. The van der Waals surface area contributed by atoms with Crippen molar-refractivity contribution < 1.29 is 5.11 Å². The molecule has 1 aliphatic carbocycles. The van der Waals surface area contributed by atoms with Gasteiger partial charge < -0.3 is 10.4 Å². The van der Waals surface area contributed by atoms with Crippen LogP contribution in [0.2, 0.25) is 0 Å². The van der Waals surface area contributed by atoms with Crippen molar-refractivity contribution in [1.29, 1.82) is 0 Å². The summed E-state index contributed by atoms with van der Waals surface area (Å²) in [5, 5.41) is 18.6. The molecule has 0 amide bonds. The lowest BCUT2D eigenvalue weighted by atomic mass is 9.92. The Morgan fingerprint density at radius 1 is 1.32 bits per heavy atom. The van der Waals surface area contributed by atoms with Gasteiger partial charge in [0.05, 0.1) is 16.7 Å². The van der Waals surface area contributed by atoms with E-state index in [1.807, 2.05) is 0 Å². The number of thiazole rings is 1. The Kier molecular flexibility index (Phi) is 4.28. The SMILES string of the molecule is OC1CCCCC1NCc1csc(-c2cccs2)n1. The minimum Gasteiger partial charge on any atom is -0.392 e. The Morgan fingerprint density at radius 3 is 3.00 bits per heavy atom. The number of rotatable bonds is 4. The van der Waals surface area contributed by atoms with Crippen LogP contribution in [-0.4, -0.2) is 22.2 Å². The normalized spacial score (nSPS) is 23.6. The van der Waals surface area contributed by atoms with Crippen molar-refractivity contribution in [3.8, 4) is 9.88 Å². The first-order valence-electron chi connectivity index (χ1n) is 6.72. The highest BCUT2D eigenvalue weighted by Crippen LogP contribution is 2.28. The average molecular weight is 294 g/mol. The fourth-order valence-corrected chi connectivity index (χ4v) is 4.12. The quantitative estimate of drug-likeness (QED) is 0.909. The van der Waals surface area contributed by atoms with Crippen LogP contribution in [0.25, 0.3) is 9.88 Å². The second-order valence-corrected chi connectivity index (χ2v) is 6.77. The van der Waals surface area contributed by atoms with E-state index in [4.69, 9.17) is 0 Å². The van der Waals surface area contributed by atoms with Gasteiger partial charge in [-0.3, -0.25) is 0 Å². The second kappa shape index (κ2) is 6.13. The average Bonchev–Trinajstić information content (AvgIpc) is 3.09. The number of nitrogens with zero attached hydrogens (tertiary/aromatic N) is 1. The van der Waals surface area contributed by atoms with Crippen LogP contribution in [0.4, 0.5) is 0 Å². The van der Waals surface area contributed by atoms with Crippen LogP contribution in [0.15, 0.2) is 22.9 Å². The van der Waals surface area contributed by atoms with Gasteiger partial charge in [0.2, 0.25) is 0 Å². The zero-order valence-corrected chi connectivity index (χ0v) is 12.3. The molecule has 2 atom stereocenters. The van der Waals surface area contributed by atoms with E-state index >= 15 is 0 Å². The fraction of sp³-hybridized carbons (Fsp3) is 0.500. The smallest absolute Gasteiger partial charge is 0.133 e. The van der Waals surface area contributed by atoms with Gasteiger partial charge in [0, 0.05) is 18.0 Å². The molecule has 2 N–H and O–H groups in total. The van der Waals surface area contributed by atoms with Crippen molar-refractivity contribution in [1.82, 2.24) is 10.3 Å². The van der Waals surface area contributed by atoms with Crippen LogP contribution in [0.3, 0.4) is 0 Å². The highest BCUT2D eigenvalue weighted by molar-refractivity contribution is 7.20. The number of hydrogen-bond acceptors (Lipinski definition) is 5. The third kappa shape index (κ3) is 3.23. The summed E-state index contributed by atoms with van der Waals surface area (Å²) in [6, 6.07) is 4.39. The number of aliphatic hydroxyl groups is 1. The van der Waals surface area contributed by atoms with Crippen molar-refractivity contribution in [3.05, 3.63) is 28.6 Å². The maximum atomic E-state index is 9.92. The number of nitrogens with one attached hydrogen (secondary N) is 1. The van der Waals surface area contributed by atoms with E-state index in [-0.39, 0.29) is 12.1 Å². The lowest BCUT2D eigenvalue weighted by Gasteiger charge is -2.28. The molecule has 1 fully saturated rings. The molecule has 19 heavy (non-hydrogen) atoms. The highest BCUT2D eigenvalue weighted by atomic mass is 32.1. The predicted molar refractivity (Wildman–Crippen MR) is 80.5 cm³/mol. The number of aliphatic hydroxyl groups excluding tert-OH is 1. The molecule has 1 aliphatic rings. The minimum atomic E-state index is -0.191. The number of aromatic nitrogens is 1. The molecule has 0 radical (unpaired) electrons. The van der Waals surface area contributed by atoms with Crippen molar-refractivity contribution in [3.63, 3.8) is 0 Å². The monoisotopic (exact) mass is 294 g/mol. The molecule has 3 nitrogen and oxygen atoms in total. The summed E-state index contributed by atoms with van der Waals surface area (Å²) < 4.78 is 0. The lowest BCUT2D eigenvalue weighted by molar-refractivity contribution is 0.0901. The number of thiophene rings is 1. The van der Waals surface area contributed by atoms with E-state index < -0.39 is 0 Å². The third-order valence-electron chi connectivity index (χ3n) is 3.56. The zero-order valence-electron chi connectivity index (χ0n) is 10.7. The van der Waals surface area contributed by atoms with Crippen LogP contribution in [-0.2, 0) is 6.54 Å². The van der Waals surface area contributed by atoms with Gasteiger partial charge in [-0.15, -0.1) is 22.7 Å². The van der Waals surface area contributed by atoms with Crippen molar-refractivity contribution >= 4 is 22.7 Å². The second-order valence-electron chi connectivity index (χ2n) is 4.96. The van der Waals surface area contributed by atoms with E-state index in [1.165, 1.54) is 11.3 Å². The van der Waals surface area contributed by atoms with Crippen molar-refractivity contribution in [2.75, 3.05) is 0 Å². The molecule has 0 bridgehead atoms. The summed E-state index contributed by atoms with van der Waals surface area (Å²) in [4.78, 5) is 5.88. The summed E-state index contributed by atoms with van der Waals surface area (Å²) in [5.41, 5.74) is 1.08. The summed E-state index contributed by atoms with van der Waals surface area (Å²) in [5.74, 6) is 0. The van der Waals surface area contributed by atoms with Crippen LogP contribution in [0.1, 0.15) is 31.4 Å². The van der Waals surface area contributed by atoms with Crippen LogP contribution in [0, 0.1) is 0 Å².